The molecule has 0 saturated heterocycles. The van der Waals surface area contributed by atoms with Crippen molar-refractivity contribution in [2.75, 3.05) is 0 Å². The minimum absolute atomic E-state index is 0.128. The molecule has 1 atom stereocenters. The Bertz CT molecular complexity index is 506. The largest absolute Gasteiger partial charge is 0.506 e. The zero-order valence-corrected chi connectivity index (χ0v) is 12.8. The molecule has 0 heterocycles. The van der Waals surface area contributed by atoms with E-state index in [-0.39, 0.29) is 5.75 Å². The van der Waals surface area contributed by atoms with Crippen LogP contribution in [0.4, 0.5) is 0 Å². The second-order valence-corrected chi connectivity index (χ2v) is 6.97. The molecule has 1 fully saturated rings. The topological polar surface area (TPSA) is 20.2 Å². The van der Waals surface area contributed by atoms with Gasteiger partial charge in [-0.1, -0.05) is 43.0 Å². The maximum atomic E-state index is 9.86. The summed E-state index contributed by atoms with van der Waals surface area (Å²) in [6, 6.07) is 1.83. The highest BCUT2D eigenvalue weighted by atomic mass is 35.5. The molecule has 0 spiro atoms. The van der Waals surface area contributed by atoms with Crippen molar-refractivity contribution in [2.24, 2.45) is 11.3 Å². The molecule has 1 unspecified atom stereocenters. The first-order valence-electron chi connectivity index (χ1n) is 7.26. The van der Waals surface area contributed by atoms with Crippen LogP contribution >= 0.6 is 23.2 Å². The third-order valence-electron chi connectivity index (χ3n) is 5.38. The molecule has 0 radical (unpaired) electrons. The summed E-state index contributed by atoms with van der Waals surface area (Å²) < 4.78 is 0. The second kappa shape index (κ2) is 4.86. The van der Waals surface area contributed by atoms with Crippen LogP contribution in [0.2, 0.25) is 10.0 Å². The SMILES string of the molecule is CCC1(C2CCCC2)Cc2cc(O)c(Cl)c(Cl)c2C1. The van der Waals surface area contributed by atoms with Crippen LogP contribution in [0.5, 0.6) is 5.75 Å². The van der Waals surface area contributed by atoms with Gasteiger partial charge in [0.15, 0.2) is 0 Å². The number of aromatic hydroxyl groups is 1. The molecule has 2 aliphatic rings. The van der Waals surface area contributed by atoms with Gasteiger partial charge in [0, 0.05) is 0 Å². The molecule has 3 rings (SSSR count). The van der Waals surface area contributed by atoms with Crippen LogP contribution in [0.1, 0.15) is 50.2 Å². The average Bonchev–Trinajstić information content (AvgIpc) is 3.03. The number of fused-ring (bicyclic) bond motifs is 1. The average molecular weight is 299 g/mol. The number of hydrogen-bond acceptors (Lipinski definition) is 1. The van der Waals surface area contributed by atoms with Gasteiger partial charge in [0.25, 0.3) is 0 Å². The molecule has 19 heavy (non-hydrogen) atoms. The lowest BCUT2D eigenvalue weighted by Gasteiger charge is -2.34. The zero-order chi connectivity index (χ0) is 13.6. The van der Waals surface area contributed by atoms with Gasteiger partial charge in [0.1, 0.15) is 10.8 Å². The molecule has 1 nitrogen and oxygen atoms in total. The smallest absolute Gasteiger partial charge is 0.135 e. The van der Waals surface area contributed by atoms with E-state index < -0.39 is 0 Å². The van der Waals surface area contributed by atoms with Crippen LogP contribution in [-0.4, -0.2) is 5.11 Å². The van der Waals surface area contributed by atoms with E-state index in [1.807, 2.05) is 6.07 Å². The zero-order valence-electron chi connectivity index (χ0n) is 11.3. The molecule has 1 saturated carbocycles. The van der Waals surface area contributed by atoms with Gasteiger partial charge in [0.05, 0.1) is 5.02 Å². The van der Waals surface area contributed by atoms with E-state index in [1.165, 1.54) is 43.2 Å². The van der Waals surface area contributed by atoms with E-state index in [2.05, 4.69) is 6.92 Å². The number of phenols is 1. The summed E-state index contributed by atoms with van der Waals surface area (Å²) in [5.74, 6) is 0.936. The van der Waals surface area contributed by atoms with Gasteiger partial charge in [-0.15, -0.1) is 0 Å². The Kier molecular flexibility index (Phi) is 3.47. The number of phenolic OH excluding ortho intramolecular Hbond substituents is 1. The monoisotopic (exact) mass is 298 g/mol. The van der Waals surface area contributed by atoms with E-state index in [9.17, 15) is 5.11 Å². The first kappa shape index (κ1) is 13.6. The Morgan fingerprint density at radius 3 is 2.53 bits per heavy atom. The minimum atomic E-state index is 0.128. The summed E-state index contributed by atoms with van der Waals surface area (Å²) in [5.41, 5.74) is 2.73. The van der Waals surface area contributed by atoms with Gasteiger partial charge in [-0.25, -0.2) is 0 Å². The van der Waals surface area contributed by atoms with Crippen molar-refractivity contribution in [3.8, 4) is 5.75 Å². The number of hydrogen-bond donors (Lipinski definition) is 1. The molecular formula is C16H20Cl2O. The number of rotatable bonds is 2. The summed E-state index contributed by atoms with van der Waals surface area (Å²) in [6.45, 7) is 2.29. The van der Waals surface area contributed by atoms with Crippen LogP contribution in [-0.2, 0) is 12.8 Å². The fourth-order valence-electron chi connectivity index (χ4n) is 4.21. The standard InChI is InChI=1S/C16H20Cl2O/c1-2-16(11-5-3-4-6-11)8-10-7-13(19)15(18)14(17)12(10)9-16/h7,11,19H,2-6,8-9H2,1H3. The molecule has 0 aromatic heterocycles. The molecule has 2 aliphatic carbocycles. The van der Waals surface area contributed by atoms with E-state index in [4.69, 9.17) is 23.2 Å². The Morgan fingerprint density at radius 1 is 1.21 bits per heavy atom. The van der Waals surface area contributed by atoms with Gasteiger partial charge in [-0.2, -0.15) is 0 Å². The molecule has 0 aliphatic heterocycles. The van der Waals surface area contributed by atoms with Crippen molar-refractivity contribution in [3.05, 3.63) is 27.2 Å². The van der Waals surface area contributed by atoms with Crippen molar-refractivity contribution in [1.29, 1.82) is 0 Å². The lowest BCUT2D eigenvalue weighted by atomic mass is 9.70. The van der Waals surface area contributed by atoms with Gasteiger partial charge in [-0.05, 0) is 60.6 Å². The van der Waals surface area contributed by atoms with Gasteiger partial charge in [0.2, 0.25) is 0 Å². The quantitative estimate of drug-likeness (QED) is 0.777. The number of benzene rings is 1. The highest BCUT2D eigenvalue weighted by Gasteiger charge is 2.44. The summed E-state index contributed by atoms with van der Waals surface area (Å²) in [7, 11) is 0. The molecule has 1 aromatic rings. The van der Waals surface area contributed by atoms with E-state index in [1.54, 1.807) is 0 Å². The van der Waals surface area contributed by atoms with Gasteiger partial charge < -0.3 is 5.11 Å². The molecule has 1 aromatic carbocycles. The van der Waals surface area contributed by atoms with Crippen LogP contribution in [0.25, 0.3) is 0 Å². The second-order valence-electron chi connectivity index (χ2n) is 6.21. The highest BCUT2D eigenvalue weighted by Crippen LogP contribution is 2.54. The lowest BCUT2D eigenvalue weighted by molar-refractivity contribution is 0.167. The van der Waals surface area contributed by atoms with E-state index in [0.717, 1.165) is 18.8 Å². The van der Waals surface area contributed by atoms with Crippen molar-refractivity contribution < 1.29 is 5.11 Å². The van der Waals surface area contributed by atoms with Crippen molar-refractivity contribution in [3.63, 3.8) is 0 Å². The van der Waals surface area contributed by atoms with Crippen molar-refractivity contribution in [1.82, 2.24) is 0 Å². The fraction of sp³-hybridized carbons (Fsp3) is 0.625. The first-order valence-corrected chi connectivity index (χ1v) is 8.01. The predicted octanol–water partition coefficient (Wildman–Crippen LogP) is 5.38. The molecule has 1 N–H and O–H groups in total. The number of halogens is 2. The predicted molar refractivity (Wildman–Crippen MR) is 80.2 cm³/mol. The van der Waals surface area contributed by atoms with Crippen molar-refractivity contribution in [2.45, 2.75) is 51.9 Å². The maximum absolute atomic E-state index is 9.86. The Labute approximate surface area is 124 Å². The molecule has 0 bridgehead atoms. The first-order chi connectivity index (χ1) is 9.07. The Morgan fingerprint density at radius 2 is 1.89 bits per heavy atom. The van der Waals surface area contributed by atoms with Crippen LogP contribution in [0.15, 0.2) is 6.07 Å². The van der Waals surface area contributed by atoms with Gasteiger partial charge in [-0.3, -0.25) is 0 Å². The maximum Gasteiger partial charge on any atom is 0.135 e. The molecule has 3 heteroatoms. The highest BCUT2D eigenvalue weighted by molar-refractivity contribution is 6.43. The van der Waals surface area contributed by atoms with Gasteiger partial charge >= 0.3 is 0 Å². The van der Waals surface area contributed by atoms with E-state index >= 15 is 0 Å². The fourth-order valence-corrected chi connectivity index (χ4v) is 4.66. The summed E-state index contributed by atoms with van der Waals surface area (Å²) in [4.78, 5) is 0. The normalized spacial score (nSPS) is 26.9. The molecule has 104 valence electrons. The van der Waals surface area contributed by atoms with E-state index in [0.29, 0.717) is 15.5 Å². The summed E-state index contributed by atoms with van der Waals surface area (Å²) >= 11 is 12.4. The van der Waals surface area contributed by atoms with Crippen LogP contribution < -0.4 is 0 Å². The van der Waals surface area contributed by atoms with Crippen LogP contribution in [0, 0.1) is 11.3 Å². The molecular weight excluding hydrogens is 279 g/mol. The lowest BCUT2D eigenvalue weighted by Crippen LogP contribution is -2.29. The summed E-state index contributed by atoms with van der Waals surface area (Å²) in [6.07, 6.45) is 8.68. The van der Waals surface area contributed by atoms with Crippen LogP contribution in [0.3, 0.4) is 0 Å². The molecule has 0 amide bonds. The Balaban J connectivity index is 2.00. The summed E-state index contributed by atoms with van der Waals surface area (Å²) in [5, 5.41) is 10.7. The minimum Gasteiger partial charge on any atom is -0.506 e. The Hall–Kier alpha value is -0.400. The third-order valence-corrected chi connectivity index (χ3v) is 6.27. The van der Waals surface area contributed by atoms with Crippen molar-refractivity contribution >= 4 is 23.2 Å². The third kappa shape index (κ3) is 2.06.